The fraction of sp³-hybridized carbons (Fsp3) is 0.148. The van der Waals surface area contributed by atoms with E-state index in [9.17, 15) is 9.59 Å². The maximum absolute atomic E-state index is 13.3. The van der Waals surface area contributed by atoms with Crippen LogP contribution >= 0.6 is 0 Å². The molecule has 3 aromatic carbocycles. The van der Waals surface area contributed by atoms with Gasteiger partial charge in [-0.15, -0.1) is 0 Å². The highest BCUT2D eigenvalue weighted by Crippen LogP contribution is 2.23. The second-order valence-electron chi connectivity index (χ2n) is 7.86. The van der Waals surface area contributed by atoms with Gasteiger partial charge in [0.1, 0.15) is 6.10 Å². The molecule has 5 heteroatoms. The number of amides is 1. The van der Waals surface area contributed by atoms with Gasteiger partial charge >= 0.3 is 0 Å². The summed E-state index contributed by atoms with van der Waals surface area (Å²) in [6.45, 7) is 1.03. The summed E-state index contributed by atoms with van der Waals surface area (Å²) in [5.74, 6) is 0.256. The summed E-state index contributed by atoms with van der Waals surface area (Å²) >= 11 is 0. The van der Waals surface area contributed by atoms with Gasteiger partial charge in [-0.25, -0.2) is 4.98 Å². The molecule has 0 N–H and O–H groups in total. The van der Waals surface area contributed by atoms with Crippen molar-refractivity contribution in [3.63, 3.8) is 0 Å². The zero-order valence-corrected chi connectivity index (χ0v) is 17.5. The Bertz CT molecular complexity index is 1290. The minimum Gasteiger partial charge on any atom is -0.472 e. The number of pyridine rings is 1. The third-order valence-electron chi connectivity index (χ3n) is 5.73. The standard InChI is InChI=1S/C27H22N2O3/c30-26(20-9-2-1-3-10-20)22-11-5-6-12-23(22)27(31)29-17-16-21(18-29)32-25-15-14-19-8-4-7-13-24(19)28-25/h1-15,21H,16-18H2/t21-/m1/s1. The topological polar surface area (TPSA) is 59.5 Å². The number of hydrogen-bond acceptors (Lipinski definition) is 4. The molecule has 1 fully saturated rings. The molecule has 5 nitrogen and oxygen atoms in total. The minimum absolute atomic E-state index is 0.135. The number of rotatable bonds is 5. The summed E-state index contributed by atoms with van der Waals surface area (Å²) < 4.78 is 6.07. The Morgan fingerprint density at radius 2 is 1.53 bits per heavy atom. The Morgan fingerprint density at radius 3 is 2.38 bits per heavy atom. The monoisotopic (exact) mass is 422 g/mol. The molecule has 2 heterocycles. The SMILES string of the molecule is O=C(c1ccccc1)c1ccccc1C(=O)N1CC[C@@H](Oc2ccc3ccccc3n2)C1. The van der Waals surface area contributed by atoms with Gasteiger partial charge in [-0.3, -0.25) is 9.59 Å². The van der Waals surface area contributed by atoms with Crippen LogP contribution in [0.2, 0.25) is 0 Å². The van der Waals surface area contributed by atoms with Crippen LogP contribution in [-0.4, -0.2) is 40.8 Å². The van der Waals surface area contributed by atoms with Crippen molar-refractivity contribution in [1.29, 1.82) is 0 Å². The van der Waals surface area contributed by atoms with E-state index in [0.29, 0.717) is 35.7 Å². The molecule has 1 amide bonds. The number of nitrogens with zero attached hydrogens (tertiary/aromatic N) is 2. The average molecular weight is 422 g/mol. The molecule has 0 saturated carbocycles. The highest BCUT2D eigenvalue weighted by Gasteiger charge is 2.30. The molecule has 5 rings (SSSR count). The van der Waals surface area contributed by atoms with E-state index in [2.05, 4.69) is 4.98 Å². The maximum atomic E-state index is 13.3. The van der Waals surface area contributed by atoms with Crippen LogP contribution in [0.1, 0.15) is 32.7 Å². The molecular weight excluding hydrogens is 400 g/mol. The van der Waals surface area contributed by atoms with Crippen LogP contribution in [0.4, 0.5) is 0 Å². The van der Waals surface area contributed by atoms with Crippen molar-refractivity contribution in [2.45, 2.75) is 12.5 Å². The van der Waals surface area contributed by atoms with Crippen molar-refractivity contribution in [2.24, 2.45) is 0 Å². The lowest BCUT2D eigenvalue weighted by Gasteiger charge is -2.18. The van der Waals surface area contributed by atoms with Crippen LogP contribution in [0.25, 0.3) is 10.9 Å². The molecule has 1 aliphatic heterocycles. The van der Waals surface area contributed by atoms with E-state index in [0.717, 1.165) is 17.3 Å². The predicted octanol–water partition coefficient (Wildman–Crippen LogP) is 4.76. The lowest BCUT2D eigenvalue weighted by atomic mass is 9.97. The van der Waals surface area contributed by atoms with Crippen molar-refractivity contribution in [3.05, 3.63) is 108 Å². The Labute approximate surface area is 186 Å². The molecule has 0 unspecified atom stereocenters. The number of ether oxygens (including phenoxy) is 1. The molecule has 1 saturated heterocycles. The van der Waals surface area contributed by atoms with E-state index < -0.39 is 0 Å². The Morgan fingerprint density at radius 1 is 0.812 bits per heavy atom. The van der Waals surface area contributed by atoms with E-state index in [4.69, 9.17) is 4.74 Å². The summed E-state index contributed by atoms with van der Waals surface area (Å²) in [7, 11) is 0. The van der Waals surface area contributed by atoms with Crippen molar-refractivity contribution in [2.75, 3.05) is 13.1 Å². The predicted molar refractivity (Wildman–Crippen MR) is 123 cm³/mol. The minimum atomic E-state index is -0.151. The largest absolute Gasteiger partial charge is 0.472 e. The molecule has 1 aromatic heterocycles. The number of benzene rings is 3. The van der Waals surface area contributed by atoms with E-state index in [-0.39, 0.29) is 17.8 Å². The normalized spacial score (nSPS) is 15.6. The summed E-state index contributed by atoms with van der Waals surface area (Å²) in [6.07, 6.45) is 0.583. The third-order valence-corrected chi connectivity index (χ3v) is 5.73. The van der Waals surface area contributed by atoms with Crippen molar-refractivity contribution < 1.29 is 14.3 Å². The quantitative estimate of drug-likeness (QED) is 0.435. The first-order chi connectivity index (χ1) is 15.7. The summed E-state index contributed by atoms with van der Waals surface area (Å²) in [4.78, 5) is 32.6. The molecule has 0 spiro atoms. The van der Waals surface area contributed by atoms with E-state index >= 15 is 0 Å². The number of likely N-dealkylation sites (tertiary alicyclic amines) is 1. The lowest BCUT2D eigenvalue weighted by Crippen LogP contribution is -2.32. The molecule has 4 aromatic rings. The molecule has 0 bridgehead atoms. The Kier molecular flexibility index (Phi) is 5.38. The van der Waals surface area contributed by atoms with Gasteiger partial charge < -0.3 is 9.64 Å². The van der Waals surface area contributed by atoms with Crippen molar-refractivity contribution in [3.8, 4) is 5.88 Å². The highest BCUT2D eigenvalue weighted by molar-refractivity contribution is 6.15. The second-order valence-corrected chi connectivity index (χ2v) is 7.86. The summed E-state index contributed by atoms with van der Waals surface area (Å²) in [5, 5.41) is 1.06. The number of carbonyl (C=O) groups excluding carboxylic acids is 2. The number of aromatic nitrogens is 1. The zero-order valence-electron chi connectivity index (χ0n) is 17.5. The maximum Gasteiger partial charge on any atom is 0.254 e. The van der Waals surface area contributed by atoms with Gasteiger partial charge in [-0.1, -0.05) is 66.7 Å². The lowest BCUT2D eigenvalue weighted by molar-refractivity contribution is 0.0767. The Balaban J connectivity index is 1.31. The number of fused-ring (bicyclic) bond motifs is 1. The first-order valence-electron chi connectivity index (χ1n) is 10.7. The molecule has 158 valence electrons. The molecule has 0 aliphatic carbocycles. The molecule has 32 heavy (non-hydrogen) atoms. The molecule has 1 aliphatic rings. The summed E-state index contributed by atoms with van der Waals surface area (Å²) in [6, 6.07) is 27.8. The van der Waals surface area contributed by atoms with Gasteiger partial charge in [-0.2, -0.15) is 0 Å². The van der Waals surface area contributed by atoms with Crippen LogP contribution in [0.3, 0.4) is 0 Å². The van der Waals surface area contributed by atoms with Crippen LogP contribution in [-0.2, 0) is 0 Å². The van der Waals surface area contributed by atoms with Crippen molar-refractivity contribution >= 4 is 22.6 Å². The van der Waals surface area contributed by atoms with E-state index in [1.54, 1.807) is 41.3 Å². The molecule has 0 radical (unpaired) electrons. The highest BCUT2D eigenvalue weighted by atomic mass is 16.5. The third kappa shape index (κ3) is 3.97. The first kappa shape index (κ1) is 19.9. The van der Waals surface area contributed by atoms with Crippen LogP contribution < -0.4 is 4.74 Å². The zero-order chi connectivity index (χ0) is 21.9. The Hall–Kier alpha value is -3.99. The van der Waals surface area contributed by atoms with Gasteiger partial charge in [0.2, 0.25) is 5.88 Å². The van der Waals surface area contributed by atoms with Gasteiger partial charge in [0.25, 0.3) is 5.91 Å². The fourth-order valence-electron chi connectivity index (χ4n) is 4.08. The number of hydrogen-bond donors (Lipinski definition) is 0. The van der Waals surface area contributed by atoms with Crippen LogP contribution in [0.5, 0.6) is 5.88 Å². The molecule has 1 atom stereocenters. The number of carbonyl (C=O) groups is 2. The molecular formula is C27H22N2O3. The first-order valence-corrected chi connectivity index (χ1v) is 10.7. The fourth-order valence-corrected chi connectivity index (χ4v) is 4.08. The van der Waals surface area contributed by atoms with Crippen LogP contribution in [0, 0.1) is 0 Å². The summed E-state index contributed by atoms with van der Waals surface area (Å²) in [5.41, 5.74) is 2.29. The van der Waals surface area contributed by atoms with Gasteiger partial charge in [0, 0.05) is 35.5 Å². The van der Waals surface area contributed by atoms with Crippen molar-refractivity contribution in [1.82, 2.24) is 9.88 Å². The smallest absolute Gasteiger partial charge is 0.254 e. The van der Waals surface area contributed by atoms with Crippen LogP contribution in [0.15, 0.2) is 91.0 Å². The number of para-hydroxylation sites is 1. The van der Waals surface area contributed by atoms with E-state index in [1.807, 2.05) is 54.6 Å². The van der Waals surface area contributed by atoms with E-state index in [1.165, 1.54) is 0 Å². The van der Waals surface area contributed by atoms with Gasteiger partial charge in [0.15, 0.2) is 5.78 Å². The van der Waals surface area contributed by atoms with Gasteiger partial charge in [0.05, 0.1) is 17.6 Å². The average Bonchev–Trinajstić information content (AvgIpc) is 3.32. The number of ketones is 1. The van der Waals surface area contributed by atoms with Gasteiger partial charge in [-0.05, 0) is 18.2 Å². The second kappa shape index (κ2) is 8.63.